The molecular weight excluding hydrogens is 495 g/mol. The Morgan fingerprint density at radius 3 is 2.67 bits per heavy atom. The molecule has 0 spiro atoms. The molecule has 1 saturated carbocycles. The highest BCUT2D eigenvalue weighted by atomic mass is 127. The van der Waals surface area contributed by atoms with E-state index in [1.807, 2.05) is 12.1 Å². The highest BCUT2D eigenvalue weighted by Crippen LogP contribution is 2.35. The SMILES string of the molecule is CCNC(=NCc1cccc(OC)c1OC1CCCC1)NCCN1CCOCC1.I. The van der Waals surface area contributed by atoms with Gasteiger partial charge in [-0.25, -0.2) is 4.99 Å². The van der Waals surface area contributed by atoms with E-state index in [1.54, 1.807) is 7.11 Å². The molecule has 8 heteroatoms. The van der Waals surface area contributed by atoms with E-state index >= 15 is 0 Å². The Hall–Kier alpha value is -1.26. The highest BCUT2D eigenvalue weighted by molar-refractivity contribution is 14.0. The first-order chi connectivity index (χ1) is 14.3. The van der Waals surface area contributed by atoms with Crippen molar-refractivity contribution in [3.05, 3.63) is 23.8 Å². The van der Waals surface area contributed by atoms with Gasteiger partial charge >= 0.3 is 0 Å². The minimum absolute atomic E-state index is 0. The molecule has 30 heavy (non-hydrogen) atoms. The maximum Gasteiger partial charge on any atom is 0.191 e. The quantitative estimate of drug-likeness (QED) is 0.290. The summed E-state index contributed by atoms with van der Waals surface area (Å²) in [5.74, 6) is 2.46. The number of morpholine rings is 1. The first-order valence-corrected chi connectivity index (χ1v) is 10.9. The van der Waals surface area contributed by atoms with Crippen LogP contribution in [0.3, 0.4) is 0 Å². The number of rotatable bonds is 9. The Balaban J connectivity index is 0.00000320. The van der Waals surface area contributed by atoms with Crippen molar-refractivity contribution in [2.24, 2.45) is 4.99 Å². The van der Waals surface area contributed by atoms with Crippen molar-refractivity contribution in [1.82, 2.24) is 15.5 Å². The Bertz CT molecular complexity index is 647. The molecule has 0 unspecified atom stereocenters. The van der Waals surface area contributed by atoms with Crippen LogP contribution >= 0.6 is 24.0 Å². The monoisotopic (exact) mass is 532 g/mol. The number of benzene rings is 1. The summed E-state index contributed by atoms with van der Waals surface area (Å²) in [5, 5.41) is 6.78. The van der Waals surface area contributed by atoms with Gasteiger partial charge in [0.15, 0.2) is 17.5 Å². The minimum Gasteiger partial charge on any atom is -0.493 e. The van der Waals surface area contributed by atoms with Crippen LogP contribution in [0.5, 0.6) is 11.5 Å². The van der Waals surface area contributed by atoms with Crippen LogP contribution in [-0.2, 0) is 11.3 Å². The molecule has 7 nitrogen and oxygen atoms in total. The average molecular weight is 532 g/mol. The molecule has 0 amide bonds. The first kappa shape index (κ1) is 25.0. The van der Waals surface area contributed by atoms with Crippen LogP contribution in [0.15, 0.2) is 23.2 Å². The summed E-state index contributed by atoms with van der Waals surface area (Å²) < 4.78 is 17.3. The van der Waals surface area contributed by atoms with Gasteiger partial charge in [0.2, 0.25) is 0 Å². The van der Waals surface area contributed by atoms with Crippen LogP contribution < -0.4 is 20.1 Å². The van der Waals surface area contributed by atoms with Gasteiger partial charge in [-0.1, -0.05) is 12.1 Å². The number of halogens is 1. The van der Waals surface area contributed by atoms with Gasteiger partial charge < -0.3 is 24.8 Å². The van der Waals surface area contributed by atoms with E-state index in [4.69, 9.17) is 19.2 Å². The zero-order valence-corrected chi connectivity index (χ0v) is 20.7. The van der Waals surface area contributed by atoms with E-state index in [0.717, 1.165) is 81.8 Å². The van der Waals surface area contributed by atoms with Gasteiger partial charge in [0, 0.05) is 38.3 Å². The second kappa shape index (κ2) is 13.9. The van der Waals surface area contributed by atoms with Crippen molar-refractivity contribution in [3.63, 3.8) is 0 Å². The standard InChI is InChI=1S/C22H36N4O3.HI/c1-3-23-22(24-11-12-26-13-15-28-16-14-26)25-17-18-7-6-10-20(27-2)21(18)29-19-8-4-5-9-19;/h6-7,10,19H,3-5,8-9,11-17H2,1-2H3,(H2,23,24,25);1H. The predicted molar refractivity (Wildman–Crippen MR) is 131 cm³/mol. The Morgan fingerprint density at radius 1 is 1.20 bits per heavy atom. The third-order valence-corrected chi connectivity index (χ3v) is 5.44. The molecule has 1 aliphatic heterocycles. The van der Waals surface area contributed by atoms with Gasteiger partial charge in [0.1, 0.15) is 0 Å². The molecule has 2 aliphatic rings. The van der Waals surface area contributed by atoms with Crippen LogP contribution in [0, 0.1) is 0 Å². The van der Waals surface area contributed by atoms with Crippen molar-refractivity contribution >= 4 is 29.9 Å². The number of nitrogens with one attached hydrogen (secondary N) is 2. The molecule has 1 aliphatic carbocycles. The number of aliphatic imine (C=N–C) groups is 1. The molecule has 2 N–H and O–H groups in total. The number of guanidine groups is 1. The molecule has 1 aromatic carbocycles. The summed E-state index contributed by atoms with van der Waals surface area (Å²) in [6.07, 6.45) is 5.00. The third-order valence-electron chi connectivity index (χ3n) is 5.44. The molecule has 0 radical (unpaired) electrons. The van der Waals surface area contributed by atoms with Crippen molar-refractivity contribution in [2.45, 2.75) is 45.3 Å². The average Bonchev–Trinajstić information content (AvgIpc) is 3.26. The van der Waals surface area contributed by atoms with E-state index in [9.17, 15) is 0 Å². The van der Waals surface area contributed by atoms with E-state index in [-0.39, 0.29) is 30.1 Å². The van der Waals surface area contributed by atoms with Gasteiger partial charge in [-0.3, -0.25) is 4.90 Å². The van der Waals surface area contributed by atoms with Crippen molar-refractivity contribution in [1.29, 1.82) is 0 Å². The van der Waals surface area contributed by atoms with Crippen LogP contribution in [0.1, 0.15) is 38.2 Å². The van der Waals surface area contributed by atoms with Crippen LogP contribution in [0.4, 0.5) is 0 Å². The lowest BCUT2D eigenvalue weighted by atomic mass is 10.1. The maximum atomic E-state index is 6.33. The predicted octanol–water partition coefficient (Wildman–Crippen LogP) is 3.02. The summed E-state index contributed by atoms with van der Waals surface area (Å²) in [6.45, 7) is 8.96. The molecular formula is C22H37IN4O3. The van der Waals surface area contributed by atoms with Gasteiger partial charge in [0.25, 0.3) is 0 Å². The molecule has 0 aromatic heterocycles. The summed E-state index contributed by atoms with van der Waals surface area (Å²) in [5.41, 5.74) is 1.06. The fraction of sp³-hybridized carbons (Fsp3) is 0.682. The minimum atomic E-state index is 0. The largest absolute Gasteiger partial charge is 0.493 e. The van der Waals surface area contributed by atoms with Gasteiger partial charge in [-0.15, -0.1) is 24.0 Å². The molecule has 3 rings (SSSR count). The molecule has 0 bridgehead atoms. The Labute approximate surface area is 197 Å². The zero-order chi connectivity index (χ0) is 20.3. The van der Waals surface area contributed by atoms with Crippen molar-refractivity contribution in [3.8, 4) is 11.5 Å². The molecule has 170 valence electrons. The smallest absolute Gasteiger partial charge is 0.191 e. The first-order valence-electron chi connectivity index (χ1n) is 10.9. The lowest BCUT2D eigenvalue weighted by Crippen LogP contribution is -2.44. The van der Waals surface area contributed by atoms with Crippen LogP contribution in [0.25, 0.3) is 0 Å². The Kier molecular flexibility index (Phi) is 11.6. The normalized spacial score (nSPS) is 18.0. The second-order valence-corrected chi connectivity index (χ2v) is 7.55. The molecule has 0 atom stereocenters. The topological polar surface area (TPSA) is 67.4 Å². The van der Waals surface area contributed by atoms with Crippen LogP contribution in [-0.4, -0.2) is 70.0 Å². The van der Waals surface area contributed by atoms with E-state index < -0.39 is 0 Å². The van der Waals surface area contributed by atoms with E-state index in [2.05, 4.69) is 28.5 Å². The molecule has 1 saturated heterocycles. The summed E-state index contributed by atoms with van der Waals surface area (Å²) >= 11 is 0. The van der Waals surface area contributed by atoms with Crippen LogP contribution in [0.2, 0.25) is 0 Å². The number of nitrogens with zero attached hydrogens (tertiary/aromatic N) is 2. The third kappa shape index (κ3) is 7.77. The number of para-hydroxylation sites is 1. The number of hydrogen-bond acceptors (Lipinski definition) is 5. The van der Waals surface area contributed by atoms with Gasteiger partial charge in [-0.05, 0) is 38.7 Å². The lowest BCUT2D eigenvalue weighted by molar-refractivity contribution is 0.0389. The molecule has 2 fully saturated rings. The number of hydrogen-bond donors (Lipinski definition) is 2. The van der Waals surface area contributed by atoms with E-state index in [0.29, 0.717) is 6.54 Å². The lowest BCUT2D eigenvalue weighted by Gasteiger charge is -2.26. The summed E-state index contributed by atoms with van der Waals surface area (Å²) in [6, 6.07) is 6.04. The second-order valence-electron chi connectivity index (χ2n) is 7.55. The Morgan fingerprint density at radius 2 is 1.97 bits per heavy atom. The van der Waals surface area contributed by atoms with Crippen molar-refractivity contribution < 1.29 is 14.2 Å². The molecule has 1 aromatic rings. The van der Waals surface area contributed by atoms with Crippen molar-refractivity contribution in [2.75, 3.05) is 53.0 Å². The van der Waals surface area contributed by atoms with Gasteiger partial charge in [0.05, 0.1) is 33.0 Å². The fourth-order valence-electron chi connectivity index (χ4n) is 3.82. The van der Waals surface area contributed by atoms with E-state index in [1.165, 1.54) is 12.8 Å². The fourth-order valence-corrected chi connectivity index (χ4v) is 3.82. The molecule has 1 heterocycles. The number of methoxy groups -OCH3 is 1. The number of ether oxygens (including phenoxy) is 3. The zero-order valence-electron chi connectivity index (χ0n) is 18.3. The highest BCUT2D eigenvalue weighted by Gasteiger charge is 2.20. The summed E-state index contributed by atoms with van der Waals surface area (Å²) in [7, 11) is 1.70. The van der Waals surface area contributed by atoms with Gasteiger partial charge in [-0.2, -0.15) is 0 Å². The summed E-state index contributed by atoms with van der Waals surface area (Å²) in [4.78, 5) is 7.21. The maximum absolute atomic E-state index is 6.33.